The molecule has 1 fully saturated rings. The SMILES string of the molecule is Cl.N[C@@H]1C[C@H]1c1ccc(-c2ccc(Cl)cc2)nc1. The van der Waals surface area contributed by atoms with Gasteiger partial charge in [0, 0.05) is 28.7 Å². The first kappa shape index (κ1) is 13.3. The average Bonchev–Trinajstić information content (AvgIpc) is 3.08. The Bertz CT molecular complexity index is 522. The topological polar surface area (TPSA) is 38.9 Å². The number of halogens is 2. The Morgan fingerprint density at radius 2 is 1.78 bits per heavy atom. The summed E-state index contributed by atoms with van der Waals surface area (Å²) in [6.07, 6.45) is 3.02. The number of aromatic nitrogens is 1. The first-order chi connectivity index (χ1) is 8.24. The van der Waals surface area contributed by atoms with Crippen molar-refractivity contribution in [2.45, 2.75) is 18.4 Å². The van der Waals surface area contributed by atoms with Gasteiger partial charge in [-0.2, -0.15) is 0 Å². The Hall–Kier alpha value is -1.09. The van der Waals surface area contributed by atoms with Crippen LogP contribution in [0.15, 0.2) is 42.6 Å². The fraction of sp³-hybridized carbons (Fsp3) is 0.214. The lowest BCUT2D eigenvalue weighted by Crippen LogP contribution is -2.01. The van der Waals surface area contributed by atoms with Gasteiger partial charge in [-0.1, -0.05) is 29.8 Å². The van der Waals surface area contributed by atoms with Gasteiger partial charge in [0.1, 0.15) is 0 Å². The fourth-order valence-electron chi connectivity index (χ4n) is 2.01. The van der Waals surface area contributed by atoms with E-state index >= 15 is 0 Å². The largest absolute Gasteiger partial charge is 0.327 e. The molecule has 4 heteroatoms. The molecular formula is C14H14Cl2N2. The number of nitrogens with two attached hydrogens (primary N) is 1. The van der Waals surface area contributed by atoms with Crippen LogP contribution in [0.4, 0.5) is 0 Å². The maximum Gasteiger partial charge on any atom is 0.0702 e. The first-order valence-corrected chi connectivity index (χ1v) is 6.09. The molecule has 0 bridgehead atoms. The van der Waals surface area contributed by atoms with E-state index in [-0.39, 0.29) is 12.4 Å². The number of hydrogen-bond acceptors (Lipinski definition) is 2. The van der Waals surface area contributed by atoms with Crippen LogP contribution in [0.2, 0.25) is 5.02 Å². The van der Waals surface area contributed by atoms with E-state index in [1.54, 1.807) is 0 Å². The molecule has 0 saturated heterocycles. The van der Waals surface area contributed by atoms with Crippen LogP contribution in [0.1, 0.15) is 17.9 Å². The van der Waals surface area contributed by atoms with Crippen molar-refractivity contribution in [2.24, 2.45) is 5.73 Å². The molecule has 1 aliphatic rings. The van der Waals surface area contributed by atoms with Gasteiger partial charge in [-0.25, -0.2) is 0 Å². The Kier molecular flexibility index (Phi) is 3.91. The molecule has 1 aromatic heterocycles. The summed E-state index contributed by atoms with van der Waals surface area (Å²) in [7, 11) is 0. The summed E-state index contributed by atoms with van der Waals surface area (Å²) in [5, 5.41) is 0.745. The van der Waals surface area contributed by atoms with E-state index in [9.17, 15) is 0 Å². The molecule has 1 heterocycles. The van der Waals surface area contributed by atoms with Gasteiger partial charge in [0.2, 0.25) is 0 Å². The predicted octanol–water partition coefficient (Wildman–Crippen LogP) is 3.64. The van der Waals surface area contributed by atoms with Crippen LogP contribution in [-0.2, 0) is 0 Å². The molecule has 0 spiro atoms. The number of pyridine rings is 1. The van der Waals surface area contributed by atoms with Gasteiger partial charge in [-0.15, -0.1) is 12.4 Å². The highest BCUT2D eigenvalue weighted by atomic mass is 35.5. The van der Waals surface area contributed by atoms with Crippen LogP contribution in [0.5, 0.6) is 0 Å². The zero-order valence-corrected chi connectivity index (χ0v) is 11.3. The Morgan fingerprint density at radius 3 is 2.28 bits per heavy atom. The molecule has 94 valence electrons. The minimum Gasteiger partial charge on any atom is -0.327 e. The van der Waals surface area contributed by atoms with Crippen LogP contribution in [0.3, 0.4) is 0 Å². The molecule has 1 aromatic carbocycles. The molecule has 2 atom stereocenters. The normalized spacial score (nSPS) is 21.2. The van der Waals surface area contributed by atoms with E-state index in [0.29, 0.717) is 12.0 Å². The number of rotatable bonds is 2. The summed E-state index contributed by atoms with van der Waals surface area (Å²) in [4.78, 5) is 4.48. The molecule has 1 aliphatic carbocycles. The van der Waals surface area contributed by atoms with Gasteiger partial charge in [0.15, 0.2) is 0 Å². The van der Waals surface area contributed by atoms with Gasteiger partial charge in [0.25, 0.3) is 0 Å². The summed E-state index contributed by atoms with van der Waals surface area (Å²) in [5.41, 5.74) is 9.12. The van der Waals surface area contributed by atoms with Gasteiger partial charge >= 0.3 is 0 Å². The van der Waals surface area contributed by atoms with E-state index < -0.39 is 0 Å². The minimum atomic E-state index is 0. The maximum atomic E-state index is 5.86. The summed E-state index contributed by atoms with van der Waals surface area (Å²) in [5.74, 6) is 0.516. The first-order valence-electron chi connectivity index (χ1n) is 5.71. The van der Waals surface area contributed by atoms with Gasteiger partial charge in [-0.05, 0) is 30.2 Å². The molecular weight excluding hydrogens is 267 g/mol. The fourth-order valence-corrected chi connectivity index (χ4v) is 2.14. The highest BCUT2D eigenvalue weighted by molar-refractivity contribution is 6.30. The van der Waals surface area contributed by atoms with Crippen molar-refractivity contribution in [1.29, 1.82) is 0 Å². The van der Waals surface area contributed by atoms with E-state index in [1.807, 2.05) is 36.5 Å². The smallest absolute Gasteiger partial charge is 0.0702 e. The summed E-state index contributed by atoms with van der Waals surface area (Å²) >= 11 is 5.86. The molecule has 2 nitrogen and oxygen atoms in total. The molecule has 1 saturated carbocycles. The second-order valence-electron chi connectivity index (χ2n) is 4.49. The highest BCUT2D eigenvalue weighted by Crippen LogP contribution is 2.38. The molecule has 2 N–H and O–H groups in total. The monoisotopic (exact) mass is 280 g/mol. The minimum absolute atomic E-state index is 0. The van der Waals surface area contributed by atoms with Crippen LogP contribution in [0, 0.1) is 0 Å². The van der Waals surface area contributed by atoms with Gasteiger partial charge < -0.3 is 5.73 Å². The molecule has 2 aromatic rings. The van der Waals surface area contributed by atoms with Crippen LogP contribution in [0.25, 0.3) is 11.3 Å². The van der Waals surface area contributed by atoms with Crippen molar-refractivity contribution in [3.8, 4) is 11.3 Å². The lowest BCUT2D eigenvalue weighted by atomic mass is 10.1. The van der Waals surface area contributed by atoms with E-state index in [1.165, 1.54) is 5.56 Å². The van der Waals surface area contributed by atoms with Crippen LogP contribution >= 0.6 is 24.0 Å². The molecule has 0 amide bonds. The molecule has 18 heavy (non-hydrogen) atoms. The predicted molar refractivity (Wildman–Crippen MR) is 77.3 cm³/mol. The van der Waals surface area contributed by atoms with Gasteiger partial charge in [-0.3, -0.25) is 4.98 Å². The van der Waals surface area contributed by atoms with Gasteiger partial charge in [0.05, 0.1) is 5.69 Å². The molecule has 0 radical (unpaired) electrons. The Balaban J connectivity index is 0.00000120. The summed E-state index contributed by atoms with van der Waals surface area (Å²) < 4.78 is 0. The standard InChI is InChI=1S/C14H13ClN2.ClH/c15-11-4-1-9(2-5-11)14-6-3-10(8-17-14)12-7-13(12)16;/h1-6,8,12-13H,7,16H2;1H/t12-,13+;/m0./s1. The van der Waals surface area contributed by atoms with E-state index in [0.717, 1.165) is 22.7 Å². The summed E-state index contributed by atoms with van der Waals surface area (Å²) in [6.45, 7) is 0. The number of benzene rings is 1. The second kappa shape index (κ2) is 5.27. The molecule has 0 aliphatic heterocycles. The van der Waals surface area contributed by atoms with E-state index in [2.05, 4.69) is 11.1 Å². The van der Waals surface area contributed by atoms with Crippen molar-refractivity contribution in [3.63, 3.8) is 0 Å². The highest BCUT2D eigenvalue weighted by Gasteiger charge is 2.34. The number of nitrogens with zero attached hydrogens (tertiary/aromatic N) is 1. The van der Waals surface area contributed by atoms with Crippen molar-refractivity contribution >= 4 is 24.0 Å². The van der Waals surface area contributed by atoms with Crippen LogP contribution in [-0.4, -0.2) is 11.0 Å². The van der Waals surface area contributed by atoms with Crippen LogP contribution < -0.4 is 5.73 Å². The van der Waals surface area contributed by atoms with Crippen molar-refractivity contribution in [1.82, 2.24) is 4.98 Å². The molecule has 0 unspecified atom stereocenters. The third-order valence-electron chi connectivity index (χ3n) is 3.19. The molecule has 3 rings (SSSR count). The zero-order valence-electron chi connectivity index (χ0n) is 9.71. The number of hydrogen-bond donors (Lipinski definition) is 1. The maximum absolute atomic E-state index is 5.86. The second-order valence-corrected chi connectivity index (χ2v) is 4.93. The average molecular weight is 281 g/mol. The van der Waals surface area contributed by atoms with E-state index in [4.69, 9.17) is 17.3 Å². The third kappa shape index (κ3) is 2.66. The third-order valence-corrected chi connectivity index (χ3v) is 3.45. The van der Waals surface area contributed by atoms with Crippen molar-refractivity contribution in [2.75, 3.05) is 0 Å². The lowest BCUT2D eigenvalue weighted by Gasteiger charge is -2.03. The Morgan fingerprint density at radius 1 is 1.11 bits per heavy atom. The lowest BCUT2D eigenvalue weighted by molar-refractivity contribution is 0.981. The zero-order chi connectivity index (χ0) is 11.8. The van der Waals surface area contributed by atoms with Crippen molar-refractivity contribution in [3.05, 3.63) is 53.2 Å². The quantitative estimate of drug-likeness (QED) is 0.912. The summed E-state index contributed by atoms with van der Waals surface area (Å²) in [6, 6.07) is 12.2. The van der Waals surface area contributed by atoms with Crippen molar-refractivity contribution < 1.29 is 0 Å². The Labute approximate surface area is 118 Å².